The number of primary amides is 1. The predicted octanol–water partition coefficient (Wildman–Crippen LogP) is 4.09. The van der Waals surface area contributed by atoms with Gasteiger partial charge in [0.1, 0.15) is 17.6 Å². The fourth-order valence-electron chi connectivity index (χ4n) is 3.57. The van der Waals surface area contributed by atoms with E-state index in [4.69, 9.17) is 19.9 Å². The van der Waals surface area contributed by atoms with Crippen molar-refractivity contribution in [1.29, 1.82) is 0 Å². The molecule has 0 heterocycles. The molecule has 5 heteroatoms. The average molecular weight is 341 g/mol. The first-order chi connectivity index (χ1) is 11.9. The van der Waals surface area contributed by atoms with Gasteiger partial charge in [0.25, 0.3) is 0 Å². The van der Waals surface area contributed by atoms with Crippen molar-refractivity contribution in [2.75, 3.05) is 14.2 Å². The SMILES string of the molecule is COc1cccc(-c2cc3c(cc2OC)C(OC(N)=O)C(C)(C)C3)c1. The summed E-state index contributed by atoms with van der Waals surface area (Å²) in [4.78, 5) is 11.3. The van der Waals surface area contributed by atoms with Crippen LogP contribution in [0.15, 0.2) is 36.4 Å². The summed E-state index contributed by atoms with van der Waals surface area (Å²) in [5, 5.41) is 0. The Labute approximate surface area is 147 Å². The van der Waals surface area contributed by atoms with Gasteiger partial charge in [0, 0.05) is 11.0 Å². The lowest BCUT2D eigenvalue weighted by molar-refractivity contribution is 0.0391. The lowest BCUT2D eigenvalue weighted by Gasteiger charge is -2.26. The van der Waals surface area contributed by atoms with Gasteiger partial charge in [-0.25, -0.2) is 4.79 Å². The standard InChI is InChI=1S/C20H23NO4/c1-20(2)11-13-9-15(12-6-5-7-14(8-12)23-3)17(24-4)10-16(13)18(20)25-19(21)22/h5-10,18H,11H2,1-4H3,(H2,21,22). The minimum Gasteiger partial charge on any atom is -0.497 e. The summed E-state index contributed by atoms with van der Waals surface area (Å²) < 4.78 is 16.3. The van der Waals surface area contributed by atoms with E-state index in [9.17, 15) is 4.79 Å². The second-order valence-corrected chi connectivity index (χ2v) is 6.97. The van der Waals surface area contributed by atoms with Gasteiger partial charge in [0.15, 0.2) is 0 Å². The molecule has 3 rings (SSSR count). The summed E-state index contributed by atoms with van der Waals surface area (Å²) in [6.07, 6.45) is -0.351. The first-order valence-corrected chi connectivity index (χ1v) is 8.17. The van der Waals surface area contributed by atoms with Crippen LogP contribution in [0.5, 0.6) is 11.5 Å². The molecule has 0 spiro atoms. The number of methoxy groups -OCH3 is 2. The molecule has 1 unspecified atom stereocenters. The van der Waals surface area contributed by atoms with Gasteiger partial charge >= 0.3 is 6.09 Å². The summed E-state index contributed by atoms with van der Waals surface area (Å²) in [6, 6.07) is 11.9. The molecular formula is C20H23NO4. The number of fused-ring (bicyclic) bond motifs is 1. The molecule has 132 valence electrons. The van der Waals surface area contributed by atoms with E-state index in [0.29, 0.717) is 0 Å². The molecule has 5 nitrogen and oxygen atoms in total. The second kappa shape index (κ2) is 6.31. The van der Waals surface area contributed by atoms with Gasteiger partial charge in [-0.05, 0) is 47.4 Å². The van der Waals surface area contributed by atoms with Crippen LogP contribution in [0.4, 0.5) is 4.79 Å². The number of carbonyl (C=O) groups is 1. The Morgan fingerprint density at radius 2 is 1.92 bits per heavy atom. The smallest absolute Gasteiger partial charge is 0.405 e. The Morgan fingerprint density at radius 1 is 1.16 bits per heavy atom. The summed E-state index contributed by atoms with van der Waals surface area (Å²) >= 11 is 0. The number of benzene rings is 2. The summed E-state index contributed by atoms with van der Waals surface area (Å²) in [6.45, 7) is 4.14. The Balaban J connectivity index is 2.11. The lowest BCUT2D eigenvalue weighted by Crippen LogP contribution is -2.25. The van der Waals surface area contributed by atoms with E-state index in [0.717, 1.165) is 40.2 Å². The third-order valence-electron chi connectivity index (χ3n) is 4.71. The van der Waals surface area contributed by atoms with E-state index in [2.05, 4.69) is 19.9 Å². The van der Waals surface area contributed by atoms with E-state index in [1.165, 1.54) is 0 Å². The van der Waals surface area contributed by atoms with Crippen molar-refractivity contribution in [3.63, 3.8) is 0 Å². The minimum atomic E-state index is -0.762. The number of rotatable bonds is 4. The van der Waals surface area contributed by atoms with E-state index < -0.39 is 6.09 Å². The fourth-order valence-corrected chi connectivity index (χ4v) is 3.57. The molecule has 2 aromatic rings. The molecule has 1 aliphatic carbocycles. The van der Waals surface area contributed by atoms with Crippen LogP contribution in [0, 0.1) is 5.41 Å². The molecule has 2 N–H and O–H groups in total. The van der Waals surface area contributed by atoms with Crippen molar-refractivity contribution < 1.29 is 19.0 Å². The normalized spacial score (nSPS) is 17.7. The molecule has 0 saturated carbocycles. The van der Waals surface area contributed by atoms with Crippen molar-refractivity contribution in [3.8, 4) is 22.6 Å². The molecule has 0 aromatic heterocycles. The van der Waals surface area contributed by atoms with Gasteiger partial charge in [-0.15, -0.1) is 0 Å². The van der Waals surface area contributed by atoms with Crippen LogP contribution in [0.25, 0.3) is 11.1 Å². The Hall–Kier alpha value is -2.69. The largest absolute Gasteiger partial charge is 0.497 e. The zero-order valence-corrected chi connectivity index (χ0v) is 15.0. The lowest BCUT2D eigenvalue weighted by atomic mass is 9.87. The predicted molar refractivity (Wildman–Crippen MR) is 95.9 cm³/mol. The maximum atomic E-state index is 11.3. The number of ether oxygens (including phenoxy) is 3. The second-order valence-electron chi connectivity index (χ2n) is 6.97. The molecule has 0 radical (unpaired) electrons. The first-order valence-electron chi connectivity index (χ1n) is 8.17. The number of amides is 1. The van der Waals surface area contributed by atoms with Crippen LogP contribution in [0.2, 0.25) is 0 Å². The highest BCUT2D eigenvalue weighted by Gasteiger charge is 2.42. The van der Waals surface area contributed by atoms with Crippen LogP contribution in [-0.4, -0.2) is 20.3 Å². The number of hydrogen-bond donors (Lipinski definition) is 1. The molecule has 0 fully saturated rings. The van der Waals surface area contributed by atoms with E-state index in [1.807, 2.05) is 30.3 Å². The van der Waals surface area contributed by atoms with Crippen molar-refractivity contribution in [3.05, 3.63) is 47.5 Å². The van der Waals surface area contributed by atoms with E-state index in [1.54, 1.807) is 14.2 Å². The van der Waals surface area contributed by atoms with Gasteiger partial charge in [-0.3, -0.25) is 0 Å². The maximum Gasteiger partial charge on any atom is 0.405 e. The van der Waals surface area contributed by atoms with Crippen molar-refractivity contribution in [2.45, 2.75) is 26.4 Å². The molecule has 1 atom stereocenters. The average Bonchev–Trinajstić information content (AvgIpc) is 2.82. The van der Waals surface area contributed by atoms with Crippen LogP contribution in [-0.2, 0) is 11.2 Å². The van der Waals surface area contributed by atoms with Gasteiger partial charge in [0.05, 0.1) is 14.2 Å². The molecule has 25 heavy (non-hydrogen) atoms. The Kier molecular flexibility index (Phi) is 4.33. The molecule has 0 saturated heterocycles. The summed E-state index contributed by atoms with van der Waals surface area (Å²) in [5.74, 6) is 1.51. The van der Waals surface area contributed by atoms with Crippen LogP contribution in [0.3, 0.4) is 0 Å². The van der Waals surface area contributed by atoms with Crippen LogP contribution < -0.4 is 15.2 Å². The highest BCUT2D eigenvalue weighted by atomic mass is 16.6. The van der Waals surface area contributed by atoms with Gasteiger partial charge in [-0.1, -0.05) is 26.0 Å². The minimum absolute atomic E-state index is 0.227. The monoisotopic (exact) mass is 341 g/mol. The van der Waals surface area contributed by atoms with Gasteiger partial charge < -0.3 is 19.9 Å². The third kappa shape index (κ3) is 3.14. The molecule has 0 aliphatic heterocycles. The molecule has 0 bridgehead atoms. The summed E-state index contributed by atoms with van der Waals surface area (Å²) in [7, 11) is 3.28. The van der Waals surface area contributed by atoms with Crippen LogP contribution >= 0.6 is 0 Å². The van der Waals surface area contributed by atoms with Crippen molar-refractivity contribution in [2.24, 2.45) is 11.1 Å². The highest BCUT2D eigenvalue weighted by molar-refractivity contribution is 5.74. The van der Waals surface area contributed by atoms with Crippen molar-refractivity contribution >= 4 is 6.09 Å². The first kappa shape index (κ1) is 17.1. The number of carbonyl (C=O) groups excluding carboxylic acids is 1. The molecular weight excluding hydrogens is 318 g/mol. The van der Waals surface area contributed by atoms with Crippen molar-refractivity contribution in [1.82, 2.24) is 0 Å². The zero-order chi connectivity index (χ0) is 18.2. The zero-order valence-electron chi connectivity index (χ0n) is 15.0. The molecule has 1 amide bonds. The quantitative estimate of drug-likeness (QED) is 0.909. The highest BCUT2D eigenvalue weighted by Crippen LogP contribution is 2.50. The van der Waals surface area contributed by atoms with Gasteiger partial charge in [0.2, 0.25) is 0 Å². The number of nitrogens with two attached hydrogens (primary N) is 1. The third-order valence-corrected chi connectivity index (χ3v) is 4.71. The number of hydrogen-bond acceptors (Lipinski definition) is 4. The Bertz CT molecular complexity index is 813. The Morgan fingerprint density at radius 3 is 2.56 bits per heavy atom. The molecule has 2 aromatic carbocycles. The topological polar surface area (TPSA) is 70.8 Å². The van der Waals surface area contributed by atoms with E-state index in [-0.39, 0.29) is 11.5 Å². The fraction of sp³-hybridized carbons (Fsp3) is 0.350. The molecule has 1 aliphatic rings. The maximum absolute atomic E-state index is 11.3. The summed E-state index contributed by atoms with van der Waals surface area (Å²) in [5.41, 5.74) is 9.12. The van der Waals surface area contributed by atoms with Crippen LogP contribution in [0.1, 0.15) is 31.1 Å². The van der Waals surface area contributed by atoms with E-state index >= 15 is 0 Å². The van der Waals surface area contributed by atoms with Gasteiger partial charge in [-0.2, -0.15) is 0 Å².